The summed E-state index contributed by atoms with van der Waals surface area (Å²) in [5.41, 5.74) is 2.19. The lowest BCUT2D eigenvalue weighted by Crippen LogP contribution is -2.28. The Balaban J connectivity index is 2.56. The van der Waals surface area contributed by atoms with Gasteiger partial charge in [0.1, 0.15) is 5.75 Å². The molecule has 0 aliphatic rings. The van der Waals surface area contributed by atoms with Gasteiger partial charge in [-0.05, 0) is 24.6 Å². The van der Waals surface area contributed by atoms with Crippen LogP contribution in [0.2, 0.25) is 5.02 Å². The van der Waals surface area contributed by atoms with E-state index < -0.39 is 0 Å². The molecule has 0 bridgehead atoms. The van der Waals surface area contributed by atoms with Gasteiger partial charge < -0.3 is 15.4 Å². The lowest BCUT2D eigenvalue weighted by atomic mass is 10.2. The Morgan fingerprint density at radius 3 is 2.59 bits per heavy atom. The molecule has 0 unspecified atom stereocenters. The van der Waals surface area contributed by atoms with Gasteiger partial charge in [0.05, 0.1) is 12.1 Å². The summed E-state index contributed by atoms with van der Waals surface area (Å²) in [6, 6.07) is 4.36. The summed E-state index contributed by atoms with van der Waals surface area (Å²) in [4.78, 5) is 0. The molecule has 0 spiro atoms. The molecular weight excluding hydrogens is 236 g/mol. The molecule has 1 aromatic carbocycles. The fourth-order valence-electron chi connectivity index (χ4n) is 1.56. The smallest absolute Gasteiger partial charge is 0.137 e. The van der Waals surface area contributed by atoms with E-state index in [9.17, 15) is 0 Å². The standard InChI is InChI=1S/C13H21ClN2O/c1-9(2)15-5-6-16-12-8-11(14)13(17-4)7-10(12)3/h7-9,15-16H,5-6H2,1-4H3. The van der Waals surface area contributed by atoms with Crippen LogP contribution in [0.15, 0.2) is 12.1 Å². The fourth-order valence-corrected chi connectivity index (χ4v) is 1.80. The van der Waals surface area contributed by atoms with Crippen LogP contribution in [0.1, 0.15) is 19.4 Å². The van der Waals surface area contributed by atoms with E-state index in [1.807, 2.05) is 19.1 Å². The van der Waals surface area contributed by atoms with Crippen LogP contribution in [0.4, 0.5) is 5.69 Å². The lowest BCUT2D eigenvalue weighted by Gasteiger charge is -2.13. The molecule has 17 heavy (non-hydrogen) atoms. The Kier molecular flexibility index (Phi) is 5.59. The Morgan fingerprint density at radius 1 is 1.29 bits per heavy atom. The number of benzene rings is 1. The van der Waals surface area contributed by atoms with Crippen LogP contribution in [0.5, 0.6) is 5.75 Å². The molecule has 1 rings (SSSR count). The molecule has 0 saturated heterocycles. The Hall–Kier alpha value is -0.930. The quantitative estimate of drug-likeness (QED) is 0.768. The van der Waals surface area contributed by atoms with Gasteiger partial charge in [0.25, 0.3) is 0 Å². The SMILES string of the molecule is COc1cc(C)c(NCCNC(C)C)cc1Cl. The van der Waals surface area contributed by atoms with Gasteiger partial charge in [0.15, 0.2) is 0 Å². The Bertz CT molecular complexity index is 367. The first-order valence-electron chi connectivity index (χ1n) is 5.86. The van der Waals surface area contributed by atoms with Crippen LogP contribution >= 0.6 is 11.6 Å². The number of anilines is 1. The first-order chi connectivity index (χ1) is 8.04. The normalized spacial score (nSPS) is 10.7. The van der Waals surface area contributed by atoms with Crippen LogP contribution in [-0.4, -0.2) is 26.2 Å². The predicted octanol–water partition coefficient (Wildman–Crippen LogP) is 3.07. The highest BCUT2D eigenvalue weighted by Crippen LogP contribution is 2.30. The van der Waals surface area contributed by atoms with Gasteiger partial charge in [-0.3, -0.25) is 0 Å². The molecular formula is C13H21ClN2O. The van der Waals surface area contributed by atoms with Crippen LogP contribution in [-0.2, 0) is 0 Å². The van der Waals surface area contributed by atoms with Crippen molar-refractivity contribution < 1.29 is 4.74 Å². The number of nitrogens with one attached hydrogen (secondary N) is 2. The van der Waals surface area contributed by atoms with Crippen molar-refractivity contribution in [3.63, 3.8) is 0 Å². The summed E-state index contributed by atoms with van der Waals surface area (Å²) in [5, 5.41) is 7.35. The largest absolute Gasteiger partial charge is 0.495 e. The number of methoxy groups -OCH3 is 1. The van der Waals surface area contributed by atoms with Crippen molar-refractivity contribution in [1.82, 2.24) is 5.32 Å². The van der Waals surface area contributed by atoms with E-state index in [2.05, 4.69) is 24.5 Å². The van der Waals surface area contributed by atoms with E-state index in [0.717, 1.165) is 30.1 Å². The van der Waals surface area contributed by atoms with Gasteiger partial charge in [-0.25, -0.2) is 0 Å². The van der Waals surface area contributed by atoms with Crippen molar-refractivity contribution in [3.8, 4) is 5.75 Å². The molecule has 0 aliphatic heterocycles. The number of hydrogen-bond donors (Lipinski definition) is 2. The second-order valence-electron chi connectivity index (χ2n) is 4.34. The Labute approximate surface area is 109 Å². The topological polar surface area (TPSA) is 33.3 Å². The third kappa shape index (κ3) is 4.44. The van der Waals surface area contributed by atoms with Crippen molar-refractivity contribution in [1.29, 1.82) is 0 Å². The van der Waals surface area contributed by atoms with Crippen LogP contribution in [0.3, 0.4) is 0 Å². The third-order valence-electron chi connectivity index (χ3n) is 2.49. The second-order valence-corrected chi connectivity index (χ2v) is 4.74. The van der Waals surface area contributed by atoms with Crippen molar-refractivity contribution in [3.05, 3.63) is 22.7 Å². The maximum absolute atomic E-state index is 6.08. The number of halogens is 1. The zero-order valence-corrected chi connectivity index (χ0v) is 11.7. The Morgan fingerprint density at radius 2 is 2.00 bits per heavy atom. The van der Waals surface area contributed by atoms with Crippen LogP contribution in [0, 0.1) is 6.92 Å². The molecule has 0 fully saturated rings. The van der Waals surface area contributed by atoms with Gasteiger partial charge in [-0.1, -0.05) is 25.4 Å². The lowest BCUT2D eigenvalue weighted by molar-refractivity contribution is 0.415. The maximum atomic E-state index is 6.08. The first kappa shape index (κ1) is 14.1. The molecule has 0 amide bonds. The van der Waals surface area contributed by atoms with Gasteiger partial charge >= 0.3 is 0 Å². The van der Waals surface area contributed by atoms with Gasteiger partial charge in [0, 0.05) is 24.8 Å². The molecule has 96 valence electrons. The van der Waals surface area contributed by atoms with Gasteiger partial charge in [0.2, 0.25) is 0 Å². The van der Waals surface area contributed by atoms with E-state index >= 15 is 0 Å². The summed E-state index contributed by atoms with van der Waals surface area (Å²) in [7, 11) is 1.63. The second kappa shape index (κ2) is 6.72. The molecule has 0 atom stereocenters. The first-order valence-corrected chi connectivity index (χ1v) is 6.23. The molecule has 0 aliphatic carbocycles. The highest BCUT2D eigenvalue weighted by atomic mass is 35.5. The molecule has 0 radical (unpaired) electrons. The summed E-state index contributed by atoms with van der Waals surface area (Å²) < 4.78 is 5.17. The minimum absolute atomic E-state index is 0.511. The number of hydrogen-bond acceptors (Lipinski definition) is 3. The highest BCUT2D eigenvalue weighted by molar-refractivity contribution is 6.32. The third-order valence-corrected chi connectivity index (χ3v) is 2.79. The monoisotopic (exact) mass is 256 g/mol. The molecule has 3 nitrogen and oxygen atoms in total. The summed E-state index contributed by atoms with van der Waals surface area (Å²) in [6.45, 7) is 8.12. The number of ether oxygens (including phenoxy) is 1. The van der Waals surface area contributed by atoms with Gasteiger partial charge in [-0.15, -0.1) is 0 Å². The number of rotatable bonds is 6. The maximum Gasteiger partial charge on any atom is 0.137 e. The fraction of sp³-hybridized carbons (Fsp3) is 0.538. The molecule has 2 N–H and O–H groups in total. The minimum Gasteiger partial charge on any atom is -0.495 e. The van der Waals surface area contributed by atoms with Crippen LogP contribution < -0.4 is 15.4 Å². The van der Waals surface area contributed by atoms with E-state index in [0.29, 0.717) is 11.1 Å². The zero-order valence-electron chi connectivity index (χ0n) is 10.9. The zero-order chi connectivity index (χ0) is 12.8. The van der Waals surface area contributed by atoms with E-state index in [4.69, 9.17) is 16.3 Å². The average molecular weight is 257 g/mol. The molecule has 0 heterocycles. The van der Waals surface area contributed by atoms with Crippen LogP contribution in [0.25, 0.3) is 0 Å². The molecule has 0 saturated carbocycles. The minimum atomic E-state index is 0.511. The predicted molar refractivity (Wildman–Crippen MR) is 74.4 cm³/mol. The van der Waals surface area contributed by atoms with E-state index in [-0.39, 0.29) is 0 Å². The van der Waals surface area contributed by atoms with E-state index in [1.54, 1.807) is 7.11 Å². The van der Waals surface area contributed by atoms with Crippen molar-refractivity contribution >= 4 is 17.3 Å². The molecule has 1 aromatic rings. The highest BCUT2D eigenvalue weighted by Gasteiger charge is 2.05. The summed E-state index contributed by atoms with van der Waals surface area (Å²) >= 11 is 6.08. The molecule has 4 heteroatoms. The van der Waals surface area contributed by atoms with Crippen molar-refractivity contribution in [2.75, 3.05) is 25.5 Å². The van der Waals surface area contributed by atoms with Gasteiger partial charge in [-0.2, -0.15) is 0 Å². The summed E-state index contributed by atoms with van der Waals surface area (Å²) in [6.07, 6.45) is 0. The number of aryl methyl sites for hydroxylation is 1. The molecule has 0 aromatic heterocycles. The summed E-state index contributed by atoms with van der Waals surface area (Å²) in [5.74, 6) is 0.718. The van der Waals surface area contributed by atoms with E-state index in [1.165, 1.54) is 0 Å². The van der Waals surface area contributed by atoms with Crippen molar-refractivity contribution in [2.45, 2.75) is 26.8 Å². The average Bonchev–Trinajstić information content (AvgIpc) is 2.28. The van der Waals surface area contributed by atoms with Crippen molar-refractivity contribution in [2.24, 2.45) is 0 Å².